The number of fused-ring (bicyclic) bond motifs is 3. The van der Waals surface area contributed by atoms with Crippen molar-refractivity contribution in [1.29, 1.82) is 0 Å². The maximum atomic E-state index is 13.3. The Morgan fingerprint density at radius 1 is 1.07 bits per heavy atom. The van der Waals surface area contributed by atoms with Crippen LogP contribution in [0, 0.1) is 6.92 Å². The summed E-state index contributed by atoms with van der Waals surface area (Å²) in [5.74, 6) is 0.689. The Bertz CT molecular complexity index is 1130. The molecule has 3 aromatic rings. The SMILES string of the molecule is COCCCn1c(C)cn2c3c(=O)n(CCN4CCCCC4)c(=O)n(C)c3nc12. The summed E-state index contributed by atoms with van der Waals surface area (Å²) in [4.78, 5) is 33.1. The Morgan fingerprint density at radius 3 is 2.55 bits per heavy atom. The first kappa shape index (κ1) is 19.9. The highest BCUT2D eigenvalue weighted by atomic mass is 16.5. The van der Waals surface area contributed by atoms with Gasteiger partial charge in [0.25, 0.3) is 5.56 Å². The first-order chi connectivity index (χ1) is 14.0. The average molecular weight is 402 g/mol. The topological polar surface area (TPSA) is 78.7 Å². The van der Waals surface area contributed by atoms with Crippen LogP contribution in [-0.4, -0.2) is 61.3 Å². The third kappa shape index (κ3) is 3.53. The van der Waals surface area contributed by atoms with Crippen LogP contribution in [0.25, 0.3) is 16.9 Å². The summed E-state index contributed by atoms with van der Waals surface area (Å²) in [6.07, 6.45) is 6.41. The molecule has 1 saturated heterocycles. The molecule has 9 heteroatoms. The zero-order valence-electron chi connectivity index (χ0n) is 17.6. The fraction of sp³-hybridized carbons (Fsp3) is 0.650. The Balaban J connectivity index is 1.76. The van der Waals surface area contributed by atoms with Crippen LogP contribution in [0.1, 0.15) is 31.4 Å². The number of hydrogen-bond acceptors (Lipinski definition) is 5. The van der Waals surface area contributed by atoms with Crippen LogP contribution in [0.2, 0.25) is 0 Å². The van der Waals surface area contributed by atoms with Crippen molar-refractivity contribution in [2.75, 3.05) is 33.4 Å². The van der Waals surface area contributed by atoms with E-state index in [9.17, 15) is 9.59 Å². The van der Waals surface area contributed by atoms with Gasteiger partial charge >= 0.3 is 5.69 Å². The predicted octanol–water partition coefficient (Wildman–Crippen LogP) is 0.980. The van der Waals surface area contributed by atoms with Crippen molar-refractivity contribution >= 4 is 16.9 Å². The minimum atomic E-state index is -0.303. The van der Waals surface area contributed by atoms with Gasteiger partial charge in [0.2, 0.25) is 5.78 Å². The molecule has 0 spiro atoms. The molecule has 3 aromatic heterocycles. The second-order valence-corrected chi connectivity index (χ2v) is 7.92. The maximum Gasteiger partial charge on any atom is 0.332 e. The molecule has 0 aromatic carbocycles. The van der Waals surface area contributed by atoms with Crippen molar-refractivity contribution in [2.45, 2.75) is 45.7 Å². The summed E-state index contributed by atoms with van der Waals surface area (Å²) in [5, 5.41) is 0. The van der Waals surface area contributed by atoms with Gasteiger partial charge in [0.15, 0.2) is 11.2 Å². The van der Waals surface area contributed by atoms with Gasteiger partial charge in [0, 0.05) is 52.3 Å². The quantitative estimate of drug-likeness (QED) is 0.551. The van der Waals surface area contributed by atoms with Crippen LogP contribution >= 0.6 is 0 Å². The first-order valence-electron chi connectivity index (χ1n) is 10.4. The summed E-state index contributed by atoms with van der Waals surface area (Å²) in [7, 11) is 3.38. The molecular formula is C20H30N6O3. The third-order valence-corrected chi connectivity index (χ3v) is 5.96. The predicted molar refractivity (Wildman–Crippen MR) is 112 cm³/mol. The zero-order chi connectivity index (χ0) is 20.5. The number of aromatic nitrogens is 5. The standard InChI is InChI=1S/C20H30N6O3/c1-15-14-26-16-17(21-19(26)24(15)10-7-13-29-3)22(2)20(28)25(18(16)27)12-11-23-8-5-4-6-9-23/h14H,4-13H2,1-3H3. The van der Waals surface area contributed by atoms with Crippen LogP contribution in [0.4, 0.5) is 0 Å². The molecule has 9 nitrogen and oxygen atoms in total. The summed E-state index contributed by atoms with van der Waals surface area (Å²) in [5.41, 5.74) is 1.36. The molecular weight excluding hydrogens is 372 g/mol. The Morgan fingerprint density at radius 2 is 1.83 bits per heavy atom. The lowest BCUT2D eigenvalue weighted by Crippen LogP contribution is -2.43. The van der Waals surface area contributed by atoms with E-state index in [1.807, 2.05) is 17.5 Å². The van der Waals surface area contributed by atoms with E-state index in [0.29, 0.717) is 30.1 Å². The number of rotatable bonds is 7. The van der Waals surface area contributed by atoms with Crippen LogP contribution in [0.3, 0.4) is 0 Å². The molecule has 0 radical (unpaired) electrons. The number of methoxy groups -OCH3 is 1. The molecule has 0 N–H and O–H groups in total. The second-order valence-electron chi connectivity index (χ2n) is 7.92. The largest absolute Gasteiger partial charge is 0.385 e. The third-order valence-electron chi connectivity index (χ3n) is 5.96. The molecule has 0 unspecified atom stereocenters. The highest BCUT2D eigenvalue weighted by molar-refractivity contribution is 5.75. The van der Waals surface area contributed by atoms with Gasteiger partial charge in [-0.25, -0.2) is 4.79 Å². The molecule has 1 aliphatic rings. The van der Waals surface area contributed by atoms with Gasteiger partial charge < -0.3 is 14.2 Å². The highest BCUT2D eigenvalue weighted by Gasteiger charge is 2.20. The second kappa shape index (κ2) is 8.16. The molecule has 0 atom stereocenters. The van der Waals surface area contributed by atoms with Crippen molar-refractivity contribution < 1.29 is 4.74 Å². The lowest BCUT2D eigenvalue weighted by atomic mass is 10.1. The molecule has 4 heterocycles. The van der Waals surface area contributed by atoms with E-state index >= 15 is 0 Å². The zero-order valence-corrected chi connectivity index (χ0v) is 17.6. The molecule has 4 rings (SSSR count). The maximum absolute atomic E-state index is 13.3. The smallest absolute Gasteiger partial charge is 0.332 e. The lowest BCUT2D eigenvalue weighted by Gasteiger charge is -2.26. The fourth-order valence-electron chi connectivity index (χ4n) is 4.32. The number of ether oxygens (including phenoxy) is 1. The van der Waals surface area contributed by atoms with Gasteiger partial charge in [-0.15, -0.1) is 0 Å². The summed E-state index contributed by atoms with van der Waals surface area (Å²) in [6.45, 7) is 6.62. The van der Waals surface area contributed by atoms with Crippen LogP contribution in [0.5, 0.6) is 0 Å². The van der Waals surface area contributed by atoms with Gasteiger partial charge in [-0.3, -0.25) is 18.3 Å². The Labute approximate surface area is 169 Å². The number of piperidine rings is 1. The van der Waals surface area contributed by atoms with Crippen molar-refractivity contribution in [1.82, 2.24) is 28.0 Å². The minimum Gasteiger partial charge on any atom is -0.385 e. The van der Waals surface area contributed by atoms with E-state index in [-0.39, 0.29) is 11.2 Å². The van der Waals surface area contributed by atoms with E-state index in [1.54, 1.807) is 14.2 Å². The number of hydrogen-bond donors (Lipinski definition) is 0. The van der Waals surface area contributed by atoms with Crippen molar-refractivity contribution in [3.63, 3.8) is 0 Å². The molecule has 158 valence electrons. The van der Waals surface area contributed by atoms with E-state index in [0.717, 1.165) is 38.3 Å². The molecule has 0 bridgehead atoms. The molecule has 29 heavy (non-hydrogen) atoms. The molecule has 0 amide bonds. The number of likely N-dealkylation sites (tertiary alicyclic amines) is 1. The average Bonchev–Trinajstić information content (AvgIpc) is 3.23. The lowest BCUT2D eigenvalue weighted by molar-refractivity contribution is 0.190. The fourth-order valence-corrected chi connectivity index (χ4v) is 4.32. The summed E-state index contributed by atoms with van der Waals surface area (Å²) >= 11 is 0. The van der Waals surface area contributed by atoms with Crippen LogP contribution in [0.15, 0.2) is 15.8 Å². The Kier molecular flexibility index (Phi) is 5.60. The van der Waals surface area contributed by atoms with Crippen molar-refractivity contribution in [3.8, 4) is 0 Å². The Hall–Kier alpha value is -2.39. The van der Waals surface area contributed by atoms with Gasteiger partial charge in [-0.05, 0) is 39.3 Å². The number of nitrogens with zero attached hydrogens (tertiary/aromatic N) is 6. The number of imidazole rings is 2. The van der Waals surface area contributed by atoms with Crippen molar-refractivity contribution in [2.24, 2.45) is 7.05 Å². The van der Waals surface area contributed by atoms with Crippen molar-refractivity contribution in [3.05, 3.63) is 32.7 Å². The molecule has 1 fully saturated rings. The van der Waals surface area contributed by atoms with E-state index in [4.69, 9.17) is 4.74 Å². The van der Waals surface area contributed by atoms with Gasteiger partial charge in [-0.1, -0.05) is 6.42 Å². The molecule has 0 saturated carbocycles. The monoisotopic (exact) mass is 402 g/mol. The highest BCUT2D eigenvalue weighted by Crippen LogP contribution is 2.16. The summed E-state index contributed by atoms with van der Waals surface area (Å²) < 4.78 is 11.9. The minimum absolute atomic E-state index is 0.262. The van der Waals surface area contributed by atoms with Gasteiger partial charge in [0.1, 0.15) is 0 Å². The van der Waals surface area contributed by atoms with E-state index < -0.39 is 0 Å². The van der Waals surface area contributed by atoms with E-state index in [2.05, 4.69) is 14.5 Å². The van der Waals surface area contributed by atoms with Gasteiger partial charge in [-0.2, -0.15) is 4.98 Å². The number of aryl methyl sites for hydroxylation is 3. The van der Waals surface area contributed by atoms with Crippen LogP contribution < -0.4 is 11.2 Å². The molecule has 1 aliphatic heterocycles. The van der Waals surface area contributed by atoms with Crippen LogP contribution in [-0.2, 0) is 24.9 Å². The normalized spacial score (nSPS) is 15.7. The first-order valence-corrected chi connectivity index (χ1v) is 10.4. The van der Waals surface area contributed by atoms with E-state index in [1.165, 1.54) is 28.4 Å². The summed E-state index contributed by atoms with van der Waals surface area (Å²) in [6, 6.07) is 0. The molecule has 0 aliphatic carbocycles. The van der Waals surface area contributed by atoms with Gasteiger partial charge in [0.05, 0.1) is 0 Å².